The van der Waals surface area contributed by atoms with Crippen molar-refractivity contribution in [3.05, 3.63) is 44.9 Å². The molecule has 1 aromatic carbocycles. The first-order valence-electron chi connectivity index (χ1n) is 8.21. The molecule has 25 heavy (non-hydrogen) atoms. The Morgan fingerprint density at radius 1 is 1.36 bits per heavy atom. The zero-order chi connectivity index (χ0) is 17.4. The minimum Gasteiger partial charge on any atom is -0.510 e. The summed E-state index contributed by atoms with van der Waals surface area (Å²) in [5.74, 6) is 0.560. The highest BCUT2D eigenvalue weighted by molar-refractivity contribution is 9.10. The fourth-order valence-electron chi connectivity index (χ4n) is 3.19. The monoisotopic (exact) mass is 419 g/mol. The first-order valence-corrected chi connectivity index (χ1v) is 9.88. The summed E-state index contributed by atoms with van der Waals surface area (Å²) in [7, 11) is 0. The van der Waals surface area contributed by atoms with Crippen LogP contribution in [0.15, 0.2) is 39.9 Å². The maximum atomic E-state index is 10.4. The quantitative estimate of drug-likeness (QED) is 0.774. The van der Waals surface area contributed by atoms with Crippen LogP contribution in [-0.4, -0.2) is 46.6 Å². The van der Waals surface area contributed by atoms with Gasteiger partial charge in [0.2, 0.25) is 0 Å². The van der Waals surface area contributed by atoms with Gasteiger partial charge in [0.05, 0.1) is 23.9 Å². The van der Waals surface area contributed by atoms with E-state index in [1.165, 1.54) is 11.3 Å². The van der Waals surface area contributed by atoms with E-state index >= 15 is 0 Å². The van der Waals surface area contributed by atoms with E-state index in [-0.39, 0.29) is 11.9 Å². The lowest BCUT2D eigenvalue weighted by molar-refractivity contribution is 0.0924. The predicted molar refractivity (Wildman–Crippen MR) is 103 cm³/mol. The van der Waals surface area contributed by atoms with Crippen molar-refractivity contribution in [3.63, 3.8) is 0 Å². The van der Waals surface area contributed by atoms with Crippen LogP contribution in [0.4, 0.5) is 0 Å². The number of amidine groups is 1. The van der Waals surface area contributed by atoms with Crippen LogP contribution in [-0.2, 0) is 4.74 Å². The first kappa shape index (κ1) is 16.8. The molecule has 130 valence electrons. The number of benzene rings is 1. The molecule has 0 spiro atoms. The average Bonchev–Trinajstić information content (AvgIpc) is 3.31. The Bertz CT molecular complexity index is 825. The molecule has 1 fully saturated rings. The van der Waals surface area contributed by atoms with Crippen molar-refractivity contribution in [2.45, 2.75) is 18.9 Å². The normalized spacial score (nSPS) is 20.8. The molecule has 1 aromatic heterocycles. The third-order valence-corrected chi connectivity index (χ3v) is 5.88. The maximum Gasteiger partial charge on any atom is 0.135 e. The molecule has 2 aromatic rings. The molecule has 1 saturated heterocycles. The molecule has 2 aliphatic rings. The number of halogens is 1. The lowest BCUT2D eigenvalue weighted by Crippen LogP contribution is -2.34. The second-order valence-corrected chi connectivity index (χ2v) is 8.00. The number of aliphatic hydroxyl groups excluding tert-OH is 1. The number of ether oxygens (including phenoxy) is 1. The van der Waals surface area contributed by atoms with Crippen LogP contribution in [0.5, 0.6) is 0 Å². The number of nitrogens with zero attached hydrogens (tertiary/aromatic N) is 2. The Kier molecular flexibility index (Phi) is 4.62. The second kappa shape index (κ2) is 6.90. The van der Waals surface area contributed by atoms with E-state index in [4.69, 9.17) is 10.1 Å². The number of hydrogen-bond acceptors (Lipinski definition) is 5. The Morgan fingerprint density at radius 3 is 2.88 bits per heavy atom. The zero-order valence-electron chi connectivity index (χ0n) is 13.5. The van der Waals surface area contributed by atoms with Crippen LogP contribution in [0, 0.1) is 5.41 Å². The fraction of sp³-hybridized carbons (Fsp3) is 0.333. The first-order chi connectivity index (χ1) is 12.1. The summed E-state index contributed by atoms with van der Waals surface area (Å²) in [4.78, 5) is 6.52. The summed E-state index contributed by atoms with van der Waals surface area (Å²) < 4.78 is 6.68. The van der Waals surface area contributed by atoms with Crippen LogP contribution >= 0.6 is 27.3 Å². The van der Waals surface area contributed by atoms with Gasteiger partial charge in [0.15, 0.2) is 0 Å². The van der Waals surface area contributed by atoms with Gasteiger partial charge in [0.25, 0.3) is 0 Å². The van der Waals surface area contributed by atoms with Crippen LogP contribution < -0.4 is 0 Å². The minimum absolute atomic E-state index is 0.155. The Hall–Kier alpha value is -1.70. The molecule has 0 unspecified atom stereocenters. The molecule has 7 heteroatoms. The Morgan fingerprint density at radius 2 is 2.16 bits per heavy atom. The van der Waals surface area contributed by atoms with Crippen LogP contribution in [0.2, 0.25) is 0 Å². The van der Waals surface area contributed by atoms with Gasteiger partial charge in [-0.05, 0) is 25.0 Å². The highest BCUT2D eigenvalue weighted by Gasteiger charge is 2.32. The third kappa shape index (κ3) is 3.36. The Balaban J connectivity index is 1.54. The van der Waals surface area contributed by atoms with Crippen LogP contribution in [0.3, 0.4) is 0 Å². The molecule has 1 atom stereocenters. The van der Waals surface area contributed by atoms with Gasteiger partial charge in [0, 0.05) is 28.6 Å². The maximum absolute atomic E-state index is 10.4. The van der Waals surface area contributed by atoms with Gasteiger partial charge in [0.1, 0.15) is 16.6 Å². The number of thiazole rings is 1. The molecule has 2 aliphatic heterocycles. The minimum atomic E-state index is 0.155. The van der Waals surface area contributed by atoms with E-state index in [2.05, 4.69) is 20.9 Å². The fourth-order valence-corrected chi connectivity index (χ4v) is 4.35. The lowest BCUT2D eigenvalue weighted by atomic mass is 10.2. The highest BCUT2D eigenvalue weighted by atomic mass is 79.9. The summed E-state index contributed by atoms with van der Waals surface area (Å²) in [6.07, 6.45) is 2.24. The molecule has 0 amide bonds. The molecular formula is C18H18BrN3O2S. The lowest BCUT2D eigenvalue weighted by Gasteiger charge is -2.21. The van der Waals surface area contributed by atoms with E-state index in [1.807, 2.05) is 34.5 Å². The highest BCUT2D eigenvalue weighted by Crippen LogP contribution is 2.33. The predicted octanol–water partition coefficient (Wildman–Crippen LogP) is 4.31. The number of aliphatic hydroxyl groups is 1. The van der Waals surface area contributed by atoms with Crippen LogP contribution in [0.1, 0.15) is 17.8 Å². The number of hydrogen-bond donors (Lipinski definition) is 2. The van der Waals surface area contributed by atoms with Gasteiger partial charge in [-0.25, -0.2) is 4.98 Å². The number of rotatable bonds is 4. The van der Waals surface area contributed by atoms with Crippen molar-refractivity contribution in [1.29, 1.82) is 5.41 Å². The number of aromatic nitrogens is 1. The van der Waals surface area contributed by atoms with E-state index < -0.39 is 0 Å². The molecular weight excluding hydrogens is 402 g/mol. The van der Waals surface area contributed by atoms with Gasteiger partial charge in [-0.1, -0.05) is 28.1 Å². The summed E-state index contributed by atoms with van der Waals surface area (Å²) in [5, 5.41) is 21.5. The van der Waals surface area contributed by atoms with E-state index in [0.29, 0.717) is 29.5 Å². The summed E-state index contributed by atoms with van der Waals surface area (Å²) in [6, 6.07) is 7.96. The molecule has 5 nitrogen and oxygen atoms in total. The largest absolute Gasteiger partial charge is 0.510 e. The summed E-state index contributed by atoms with van der Waals surface area (Å²) >= 11 is 4.89. The standard InChI is InChI=1S/C18H18BrN3O2S/c19-12-5-3-11(4-6-12)14-10-25-18(21-14)16-15(23)9-22(17(16)20)8-13-2-1-7-24-13/h3-6,10,13,20,23H,1-2,7-9H2/t13-/m1/s1. The van der Waals surface area contributed by atoms with Crippen molar-refractivity contribution in [1.82, 2.24) is 9.88 Å². The zero-order valence-corrected chi connectivity index (χ0v) is 15.9. The van der Waals surface area contributed by atoms with Crippen molar-refractivity contribution >= 4 is 38.7 Å². The summed E-state index contributed by atoms with van der Waals surface area (Å²) in [5.41, 5.74) is 2.43. The van der Waals surface area contributed by atoms with Crippen molar-refractivity contribution in [3.8, 4) is 11.3 Å². The molecule has 0 saturated carbocycles. The van der Waals surface area contributed by atoms with Gasteiger partial charge >= 0.3 is 0 Å². The van der Waals surface area contributed by atoms with Crippen molar-refractivity contribution < 1.29 is 9.84 Å². The van der Waals surface area contributed by atoms with E-state index in [9.17, 15) is 5.11 Å². The SMILES string of the molecule is N=C1C(c2nc(-c3ccc(Br)cc3)cs2)=C(O)CN1C[C@H]1CCCO1. The van der Waals surface area contributed by atoms with E-state index in [1.54, 1.807) is 0 Å². The van der Waals surface area contributed by atoms with Gasteiger partial charge in [-0.2, -0.15) is 0 Å². The molecule has 4 rings (SSSR count). The second-order valence-electron chi connectivity index (χ2n) is 6.23. The smallest absolute Gasteiger partial charge is 0.135 e. The molecule has 3 heterocycles. The van der Waals surface area contributed by atoms with Crippen molar-refractivity contribution in [2.24, 2.45) is 0 Å². The average molecular weight is 420 g/mol. The van der Waals surface area contributed by atoms with Gasteiger partial charge in [-0.3, -0.25) is 5.41 Å². The molecule has 0 aliphatic carbocycles. The van der Waals surface area contributed by atoms with E-state index in [0.717, 1.165) is 35.2 Å². The molecule has 0 bridgehead atoms. The molecule has 2 N–H and O–H groups in total. The van der Waals surface area contributed by atoms with Gasteiger partial charge in [-0.15, -0.1) is 11.3 Å². The Labute approximate surface area is 158 Å². The molecule has 0 radical (unpaired) electrons. The van der Waals surface area contributed by atoms with Gasteiger partial charge < -0.3 is 14.7 Å². The van der Waals surface area contributed by atoms with Crippen LogP contribution in [0.25, 0.3) is 16.8 Å². The number of nitrogens with one attached hydrogen (secondary N) is 1. The topological polar surface area (TPSA) is 69.4 Å². The summed E-state index contributed by atoms with van der Waals surface area (Å²) in [6.45, 7) is 1.81. The van der Waals surface area contributed by atoms with Crippen molar-refractivity contribution in [2.75, 3.05) is 19.7 Å². The third-order valence-electron chi connectivity index (χ3n) is 4.49.